The van der Waals surface area contributed by atoms with E-state index in [1.165, 1.54) is 0 Å². The lowest BCUT2D eigenvalue weighted by Crippen LogP contribution is -2.51. The maximum Gasteiger partial charge on any atom is 0.243 e. The first-order chi connectivity index (χ1) is 11.0. The minimum Gasteiger partial charge on any atom is -0.381 e. The molecule has 0 bridgehead atoms. The first-order valence-corrected chi connectivity index (χ1v) is 9.63. The Balaban J connectivity index is 1.73. The van der Waals surface area contributed by atoms with Crippen molar-refractivity contribution in [3.63, 3.8) is 0 Å². The summed E-state index contributed by atoms with van der Waals surface area (Å²) < 4.78 is 38.8. The molecule has 5 nitrogen and oxygen atoms in total. The van der Waals surface area contributed by atoms with E-state index in [1.807, 2.05) is 19.1 Å². The van der Waals surface area contributed by atoms with Crippen molar-refractivity contribution in [3.05, 3.63) is 29.8 Å². The average molecular weight is 339 g/mol. The number of ether oxygens (including phenoxy) is 2. The van der Waals surface area contributed by atoms with Gasteiger partial charge in [-0.25, -0.2) is 8.42 Å². The van der Waals surface area contributed by atoms with Gasteiger partial charge in [-0.3, -0.25) is 0 Å². The molecule has 1 spiro atoms. The largest absolute Gasteiger partial charge is 0.381 e. The van der Waals surface area contributed by atoms with Crippen LogP contribution in [0.2, 0.25) is 0 Å². The first kappa shape index (κ1) is 16.9. The van der Waals surface area contributed by atoms with Crippen LogP contribution in [0.25, 0.3) is 0 Å². The molecule has 0 N–H and O–H groups in total. The molecule has 0 amide bonds. The van der Waals surface area contributed by atoms with Gasteiger partial charge in [-0.05, 0) is 37.8 Å². The summed E-state index contributed by atoms with van der Waals surface area (Å²) in [5.41, 5.74) is 0.581. The molecule has 0 saturated carbocycles. The molecule has 2 aliphatic rings. The van der Waals surface area contributed by atoms with Crippen LogP contribution in [0.1, 0.15) is 31.2 Å². The predicted octanol–water partition coefficient (Wildman–Crippen LogP) is 2.34. The van der Waals surface area contributed by atoms with Gasteiger partial charge in [0.25, 0.3) is 0 Å². The van der Waals surface area contributed by atoms with Gasteiger partial charge < -0.3 is 9.47 Å². The van der Waals surface area contributed by atoms with E-state index in [1.54, 1.807) is 23.5 Å². The number of piperidine rings is 1. The molecule has 0 aromatic heterocycles. The minimum absolute atomic E-state index is 0.212. The Kier molecular flexibility index (Phi) is 4.78. The molecule has 23 heavy (non-hydrogen) atoms. The fourth-order valence-corrected chi connectivity index (χ4v) is 5.32. The molecule has 0 radical (unpaired) electrons. The van der Waals surface area contributed by atoms with Crippen molar-refractivity contribution >= 4 is 10.0 Å². The molecule has 1 atom stereocenters. The highest BCUT2D eigenvalue weighted by molar-refractivity contribution is 7.89. The Morgan fingerprint density at radius 3 is 2.61 bits per heavy atom. The summed E-state index contributed by atoms with van der Waals surface area (Å²) in [6, 6.07) is 7.16. The summed E-state index contributed by atoms with van der Waals surface area (Å²) in [6.07, 6.45) is 3.48. The quantitative estimate of drug-likeness (QED) is 0.848. The lowest BCUT2D eigenvalue weighted by molar-refractivity contribution is -0.144. The maximum atomic E-state index is 12.9. The third-order valence-electron chi connectivity index (χ3n) is 5.13. The van der Waals surface area contributed by atoms with Gasteiger partial charge >= 0.3 is 0 Å². The van der Waals surface area contributed by atoms with E-state index in [4.69, 9.17) is 9.47 Å². The zero-order valence-corrected chi connectivity index (χ0v) is 14.6. The van der Waals surface area contributed by atoms with E-state index in [2.05, 4.69) is 0 Å². The molecule has 1 aromatic rings. The minimum atomic E-state index is -3.42. The van der Waals surface area contributed by atoms with E-state index >= 15 is 0 Å². The zero-order valence-electron chi connectivity index (χ0n) is 13.8. The van der Waals surface area contributed by atoms with Gasteiger partial charge in [-0.15, -0.1) is 0 Å². The average Bonchev–Trinajstić information content (AvgIpc) is 2.55. The van der Waals surface area contributed by atoms with Crippen LogP contribution in [0.3, 0.4) is 0 Å². The summed E-state index contributed by atoms with van der Waals surface area (Å²) in [5, 5.41) is 0. The van der Waals surface area contributed by atoms with Gasteiger partial charge in [0.1, 0.15) is 0 Å². The molecule has 2 aliphatic heterocycles. The molecular weight excluding hydrogens is 314 g/mol. The van der Waals surface area contributed by atoms with E-state index in [-0.39, 0.29) is 11.7 Å². The maximum absolute atomic E-state index is 12.9. The smallest absolute Gasteiger partial charge is 0.243 e. The fourth-order valence-electron chi connectivity index (χ4n) is 3.65. The first-order valence-electron chi connectivity index (χ1n) is 8.19. The topological polar surface area (TPSA) is 55.8 Å². The highest BCUT2D eigenvalue weighted by atomic mass is 32.2. The molecule has 1 aromatic carbocycles. The number of sulfonamides is 1. The van der Waals surface area contributed by atoms with Crippen LogP contribution in [-0.2, 0) is 19.5 Å². The number of benzene rings is 1. The summed E-state index contributed by atoms with van der Waals surface area (Å²) >= 11 is 0. The van der Waals surface area contributed by atoms with Gasteiger partial charge in [-0.2, -0.15) is 4.31 Å². The number of methoxy groups -OCH3 is 1. The third-order valence-corrected chi connectivity index (χ3v) is 7.19. The van der Waals surface area contributed by atoms with Gasteiger partial charge in [0.2, 0.25) is 10.0 Å². The van der Waals surface area contributed by atoms with Crippen molar-refractivity contribution in [2.24, 2.45) is 0 Å². The summed E-state index contributed by atoms with van der Waals surface area (Å²) in [7, 11) is -1.68. The summed E-state index contributed by atoms with van der Waals surface area (Å²) in [6.45, 7) is 3.55. The van der Waals surface area contributed by atoms with Gasteiger partial charge in [0, 0.05) is 33.2 Å². The summed E-state index contributed by atoms with van der Waals surface area (Å²) in [4.78, 5) is 0.412. The molecule has 3 rings (SSSR count). The molecule has 128 valence electrons. The number of hydrogen-bond donors (Lipinski definition) is 0. The van der Waals surface area contributed by atoms with Crippen molar-refractivity contribution < 1.29 is 17.9 Å². The Bertz CT molecular complexity index is 650. The molecule has 2 heterocycles. The van der Waals surface area contributed by atoms with Crippen molar-refractivity contribution in [2.45, 2.75) is 49.2 Å². The van der Waals surface area contributed by atoms with Gasteiger partial charge in [0.05, 0.1) is 16.6 Å². The van der Waals surface area contributed by atoms with E-state index in [0.29, 0.717) is 24.6 Å². The normalized spacial score (nSPS) is 25.6. The SMILES string of the molecule is COC1CCOC2(CCN(S(=O)(=O)c3ccccc3C)CC2)C1. The number of aryl methyl sites for hydroxylation is 1. The van der Waals surface area contributed by atoms with Crippen molar-refractivity contribution in [1.29, 1.82) is 0 Å². The van der Waals surface area contributed by atoms with Crippen molar-refractivity contribution in [1.82, 2.24) is 4.31 Å². The van der Waals surface area contributed by atoms with Crippen molar-refractivity contribution in [3.8, 4) is 0 Å². The Morgan fingerprint density at radius 1 is 1.26 bits per heavy atom. The van der Waals surface area contributed by atoms with E-state index in [0.717, 1.165) is 31.2 Å². The second kappa shape index (κ2) is 6.51. The third kappa shape index (κ3) is 3.31. The van der Waals surface area contributed by atoms with Gasteiger partial charge in [-0.1, -0.05) is 18.2 Å². The molecular formula is C17H25NO4S. The van der Waals surface area contributed by atoms with E-state index in [9.17, 15) is 8.42 Å². The number of hydrogen-bond acceptors (Lipinski definition) is 4. The van der Waals surface area contributed by atoms with Gasteiger partial charge in [0.15, 0.2) is 0 Å². The summed E-state index contributed by atoms with van der Waals surface area (Å²) in [5.74, 6) is 0. The van der Waals surface area contributed by atoms with Crippen LogP contribution < -0.4 is 0 Å². The highest BCUT2D eigenvalue weighted by Gasteiger charge is 2.43. The molecule has 2 fully saturated rings. The van der Waals surface area contributed by atoms with Crippen molar-refractivity contribution in [2.75, 3.05) is 26.8 Å². The second-order valence-corrected chi connectivity index (χ2v) is 8.46. The standard InChI is InChI=1S/C17H25NO4S/c1-14-5-3-4-6-16(14)23(19,20)18-10-8-17(9-11-18)13-15(21-2)7-12-22-17/h3-6,15H,7-13H2,1-2H3. The molecule has 2 saturated heterocycles. The van der Waals surface area contributed by atoms with Crippen LogP contribution in [0.4, 0.5) is 0 Å². The van der Waals surface area contributed by atoms with E-state index < -0.39 is 10.0 Å². The van der Waals surface area contributed by atoms with Crippen LogP contribution in [0.15, 0.2) is 29.2 Å². The van der Waals surface area contributed by atoms with Crippen LogP contribution in [-0.4, -0.2) is 51.2 Å². The molecule has 0 aliphatic carbocycles. The number of nitrogens with zero attached hydrogens (tertiary/aromatic N) is 1. The molecule has 6 heteroatoms. The number of rotatable bonds is 3. The lowest BCUT2D eigenvalue weighted by atomic mass is 9.84. The lowest BCUT2D eigenvalue weighted by Gasteiger charge is -2.45. The monoisotopic (exact) mass is 339 g/mol. The zero-order chi connectivity index (χ0) is 16.5. The second-order valence-electron chi connectivity index (χ2n) is 6.55. The Labute approximate surface area is 138 Å². The fraction of sp³-hybridized carbons (Fsp3) is 0.647. The Morgan fingerprint density at radius 2 is 1.96 bits per heavy atom. The van der Waals surface area contributed by atoms with Crippen LogP contribution in [0.5, 0.6) is 0 Å². The predicted molar refractivity (Wildman–Crippen MR) is 87.9 cm³/mol. The Hall–Kier alpha value is -0.950. The highest BCUT2D eigenvalue weighted by Crippen LogP contribution is 2.37. The molecule has 1 unspecified atom stereocenters. The van der Waals surface area contributed by atoms with Crippen LogP contribution in [0, 0.1) is 6.92 Å². The van der Waals surface area contributed by atoms with Crippen LogP contribution >= 0.6 is 0 Å².